The van der Waals surface area contributed by atoms with Crippen molar-refractivity contribution in [3.8, 4) is 11.3 Å². The van der Waals surface area contributed by atoms with Crippen molar-refractivity contribution in [1.29, 1.82) is 0 Å². The molecule has 0 saturated carbocycles. The van der Waals surface area contributed by atoms with E-state index in [0.29, 0.717) is 33.7 Å². The lowest BCUT2D eigenvalue weighted by atomic mass is 10.1. The van der Waals surface area contributed by atoms with Crippen molar-refractivity contribution in [2.24, 2.45) is 0 Å². The summed E-state index contributed by atoms with van der Waals surface area (Å²) < 4.78 is 29.4. The summed E-state index contributed by atoms with van der Waals surface area (Å²) in [5.74, 6) is -2.03. The van der Waals surface area contributed by atoms with Crippen LogP contribution in [0, 0.1) is 0 Å². The van der Waals surface area contributed by atoms with Gasteiger partial charge in [0, 0.05) is 23.6 Å². The van der Waals surface area contributed by atoms with E-state index in [0.717, 1.165) is 0 Å². The summed E-state index contributed by atoms with van der Waals surface area (Å²) in [5, 5.41) is 0. The number of aromatic nitrogens is 2. The first-order valence-corrected chi connectivity index (χ1v) is 6.61. The molecule has 0 saturated heterocycles. The topological polar surface area (TPSA) is 55.0 Å². The molecular formula is C13H12F2N2O2S. The highest BCUT2D eigenvalue weighted by atomic mass is 32.2. The molecule has 1 N–H and O–H groups in total. The molecule has 2 aromatic rings. The highest BCUT2D eigenvalue weighted by Crippen LogP contribution is 2.27. The summed E-state index contributed by atoms with van der Waals surface area (Å²) in [6, 6.07) is 7.82. The summed E-state index contributed by atoms with van der Waals surface area (Å²) in [5.41, 5.74) is 0.884. The Kier molecular flexibility index (Phi) is 4.86. The number of aromatic amines is 1. The number of methoxy groups -OCH3 is 1. The quantitative estimate of drug-likeness (QED) is 0.862. The van der Waals surface area contributed by atoms with E-state index in [-0.39, 0.29) is 12.2 Å². The molecule has 0 radical (unpaired) electrons. The van der Waals surface area contributed by atoms with Crippen LogP contribution in [0.15, 0.2) is 40.0 Å². The molecule has 0 amide bonds. The number of nitrogens with one attached hydrogen (secondary N) is 1. The lowest BCUT2D eigenvalue weighted by Gasteiger charge is -2.05. The molecule has 0 atom stereocenters. The highest BCUT2D eigenvalue weighted by molar-refractivity contribution is 7.99. The Balaban J connectivity index is 2.29. The molecule has 0 aliphatic carbocycles. The number of benzene rings is 1. The predicted molar refractivity (Wildman–Crippen MR) is 72.9 cm³/mol. The second-order valence-electron chi connectivity index (χ2n) is 3.91. The Hall–Kier alpha value is -1.73. The van der Waals surface area contributed by atoms with Crippen LogP contribution in [0.4, 0.5) is 8.78 Å². The van der Waals surface area contributed by atoms with E-state index in [9.17, 15) is 13.6 Å². The van der Waals surface area contributed by atoms with E-state index >= 15 is 0 Å². The molecule has 0 spiro atoms. The minimum Gasteiger partial charge on any atom is -0.377 e. The summed E-state index contributed by atoms with van der Waals surface area (Å²) >= 11 is 0.475. The van der Waals surface area contributed by atoms with Crippen molar-refractivity contribution in [1.82, 2.24) is 9.97 Å². The van der Waals surface area contributed by atoms with Gasteiger partial charge in [0.15, 0.2) is 0 Å². The minimum absolute atomic E-state index is 0.197. The van der Waals surface area contributed by atoms with Crippen molar-refractivity contribution >= 4 is 11.8 Å². The molecule has 106 valence electrons. The number of alkyl halides is 2. The van der Waals surface area contributed by atoms with Gasteiger partial charge in [-0.2, -0.15) is 8.78 Å². The number of ether oxygens (including phenoxy) is 1. The molecule has 0 aliphatic rings. The summed E-state index contributed by atoms with van der Waals surface area (Å²) in [6.07, 6.45) is 0. The van der Waals surface area contributed by atoms with E-state index in [2.05, 4.69) is 9.97 Å². The third-order valence-electron chi connectivity index (χ3n) is 2.45. The Labute approximate surface area is 118 Å². The average molecular weight is 298 g/mol. The Bertz CT molecular complexity index is 629. The van der Waals surface area contributed by atoms with Crippen LogP contribution in [-0.2, 0) is 11.3 Å². The highest BCUT2D eigenvalue weighted by Gasteiger charge is 2.07. The fourth-order valence-corrected chi connectivity index (χ4v) is 2.17. The number of rotatable bonds is 5. The van der Waals surface area contributed by atoms with Gasteiger partial charge in [0.05, 0.1) is 5.69 Å². The average Bonchev–Trinajstić information content (AvgIpc) is 2.38. The number of hydrogen-bond acceptors (Lipinski definition) is 4. The zero-order chi connectivity index (χ0) is 14.5. The van der Waals surface area contributed by atoms with E-state index in [1.165, 1.54) is 13.2 Å². The largest absolute Gasteiger partial charge is 0.377 e. The zero-order valence-corrected chi connectivity index (χ0v) is 11.4. The molecule has 2 rings (SSSR count). The van der Waals surface area contributed by atoms with Crippen molar-refractivity contribution in [3.05, 3.63) is 46.5 Å². The molecule has 7 heteroatoms. The van der Waals surface area contributed by atoms with E-state index in [1.807, 2.05) is 0 Å². The molecule has 1 aromatic heterocycles. The first-order chi connectivity index (χ1) is 9.58. The van der Waals surface area contributed by atoms with E-state index in [1.54, 1.807) is 24.3 Å². The first-order valence-electron chi connectivity index (χ1n) is 5.73. The van der Waals surface area contributed by atoms with Crippen LogP contribution in [0.5, 0.6) is 0 Å². The standard InChI is InChI=1S/C13H12F2N2O2S/c1-19-7-11-16-10(6-12(18)17-11)8-2-4-9(5-3-8)20-13(14)15/h2-6,13H,7H2,1H3,(H,16,17,18). The first kappa shape index (κ1) is 14.7. The van der Waals surface area contributed by atoms with Gasteiger partial charge < -0.3 is 9.72 Å². The van der Waals surface area contributed by atoms with Crippen LogP contribution < -0.4 is 5.56 Å². The maximum Gasteiger partial charge on any atom is 0.288 e. The molecule has 0 aliphatic heterocycles. The van der Waals surface area contributed by atoms with Crippen molar-refractivity contribution in [2.45, 2.75) is 17.3 Å². The Morgan fingerprint density at radius 1 is 1.35 bits per heavy atom. The normalized spacial score (nSPS) is 11.0. The third-order valence-corrected chi connectivity index (χ3v) is 3.17. The molecule has 20 heavy (non-hydrogen) atoms. The van der Waals surface area contributed by atoms with Crippen molar-refractivity contribution < 1.29 is 13.5 Å². The Morgan fingerprint density at radius 2 is 2.05 bits per heavy atom. The summed E-state index contributed by atoms with van der Waals surface area (Å²) in [6.45, 7) is 0.197. The van der Waals surface area contributed by atoms with Gasteiger partial charge in [-0.15, -0.1) is 0 Å². The van der Waals surface area contributed by atoms with Crippen molar-refractivity contribution in [3.63, 3.8) is 0 Å². The van der Waals surface area contributed by atoms with Crippen LogP contribution in [0.25, 0.3) is 11.3 Å². The third kappa shape index (κ3) is 3.88. The van der Waals surface area contributed by atoms with Crippen LogP contribution in [0.2, 0.25) is 0 Å². The number of thioether (sulfide) groups is 1. The molecule has 0 unspecified atom stereocenters. The second kappa shape index (κ2) is 6.62. The smallest absolute Gasteiger partial charge is 0.288 e. The molecule has 1 heterocycles. The number of hydrogen-bond donors (Lipinski definition) is 1. The Morgan fingerprint density at radius 3 is 2.65 bits per heavy atom. The van der Waals surface area contributed by atoms with Gasteiger partial charge in [0.1, 0.15) is 12.4 Å². The molecule has 1 aromatic carbocycles. The maximum absolute atomic E-state index is 12.2. The predicted octanol–water partition coefficient (Wildman–Crippen LogP) is 2.90. The van der Waals surface area contributed by atoms with Crippen LogP contribution >= 0.6 is 11.8 Å². The molecule has 0 bridgehead atoms. The van der Waals surface area contributed by atoms with Crippen LogP contribution in [0.3, 0.4) is 0 Å². The summed E-state index contributed by atoms with van der Waals surface area (Å²) in [7, 11) is 1.50. The van der Waals surface area contributed by atoms with Gasteiger partial charge in [-0.1, -0.05) is 23.9 Å². The van der Waals surface area contributed by atoms with Gasteiger partial charge in [0.2, 0.25) is 0 Å². The number of nitrogens with zero attached hydrogens (tertiary/aromatic N) is 1. The molecular weight excluding hydrogens is 286 g/mol. The van der Waals surface area contributed by atoms with E-state index in [4.69, 9.17) is 4.74 Å². The van der Waals surface area contributed by atoms with Crippen LogP contribution in [-0.4, -0.2) is 22.8 Å². The summed E-state index contributed by atoms with van der Waals surface area (Å²) in [4.78, 5) is 18.8. The molecule has 4 nitrogen and oxygen atoms in total. The number of H-pyrrole nitrogens is 1. The fraction of sp³-hybridized carbons (Fsp3) is 0.231. The zero-order valence-electron chi connectivity index (χ0n) is 10.6. The fourth-order valence-electron chi connectivity index (χ4n) is 1.67. The van der Waals surface area contributed by atoms with Crippen molar-refractivity contribution in [2.75, 3.05) is 7.11 Å². The van der Waals surface area contributed by atoms with Gasteiger partial charge in [0.25, 0.3) is 11.3 Å². The second-order valence-corrected chi connectivity index (χ2v) is 4.98. The number of halogens is 2. The monoisotopic (exact) mass is 298 g/mol. The van der Waals surface area contributed by atoms with Gasteiger partial charge in [-0.05, 0) is 12.1 Å². The van der Waals surface area contributed by atoms with Gasteiger partial charge in [-0.3, -0.25) is 4.79 Å². The minimum atomic E-state index is -2.45. The van der Waals surface area contributed by atoms with Crippen LogP contribution in [0.1, 0.15) is 5.82 Å². The van der Waals surface area contributed by atoms with Gasteiger partial charge in [-0.25, -0.2) is 4.98 Å². The lowest BCUT2D eigenvalue weighted by molar-refractivity contribution is 0.177. The van der Waals surface area contributed by atoms with Gasteiger partial charge >= 0.3 is 0 Å². The lowest BCUT2D eigenvalue weighted by Crippen LogP contribution is -2.11. The van der Waals surface area contributed by atoms with E-state index < -0.39 is 5.76 Å². The molecule has 0 fully saturated rings. The SMILES string of the molecule is COCc1nc(-c2ccc(SC(F)F)cc2)cc(=O)[nH]1. The maximum atomic E-state index is 12.2.